The van der Waals surface area contributed by atoms with E-state index < -0.39 is 11.5 Å². The zero-order valence-corrected chi connectivity index (χ0v) is 7.97. The molecule has 0 aliphatic rings. The van der Waals surface area contributed by atoms with E-state index in [1.165, 1.54) is 0 Å². The second-order valence-corrected chi connectivity index (χ2v) is 3.68. The number of carboxylic acids is 1. The first-order valence-electron chi connectivity index (χ1n) is 4.48. The lowest BCUT2D eigenvalue weighted by Gasteiger charge is -2.21. The molecule has 0 amide bonds. The Morgan fingerprint density at radius 2 is 2.08 bits per heavy atom. The van der Waals surface area contributed by atoms with Crippen molar-refractivity contribution in [2.24, 2.45) is 5.73 Å². The van der Waals surface area contributed by atoms with Crippen LogP contribution < -0.4 is 5.73 Å². The number of aliphatic carboxylic acids is 1. The summed E-state index contributed by atoms with van der Waals surface area (Å²) in [4.78, 5) is 10.4. The molecule has 0 heterocycles. The van der Waals surface area contributed by atoms with Crippen molar-refractivity contribution in [1.29, 1.82) is 0 Å². The Bertz CT molecular complexity index is 143. The van der Waals surface area contributed by atoms with E-state index in [-0.39, 0.29) is 6.42 Å². The summed E-state index contributed by atoms with van der Waals surface area (Å²) in [6, 6.07) is 0. The fourth-order valence-corrected chi connectivity index (χ4v) is 1.21. The molecule has 0 saturated heterocycles. The fourth-order valence-electron chi connectivity index (χ4n) is 1.21. The van der Waals surface area contributed by atoms with E-state index in [0.29, 0.717) is 0 Å². The Morgan fingerprint density at radius 1 is 1.50 bits per heavy atom. The van der Waals surface area contributed by atoms with E-state index in [1.807, 2.05) is 0 Å². The van der Waals surface area contributed by atoms with Crippen molar-refractivity contribution in [2.45, 2.75) is 51.5 Å². The number of nitrogens with two attached hydrogens (primary N) is 1. The second-order valence-electron chi connectivity index (χ2n) is 3.68. The molecule has 0 aliphatic carbocycles. The average Bonchev–Trinajstić information content (AvgIpc) is 1.84. The monoisotopic (exact) mass is 173 g/mol. The van der Waals surface area contributed by atoms with Gasteiger partial charge in [0.25, 0.3) is 0 Å². The van der Waals surface area contributed by atoms with Crippen LogP contribution in [0.5, 0.6) is 0 Å². The Kier molecular flexibility index (Phi) is 4.90. The van der Waals surface area contributed by atoms with Crippen molar-refractivity contribution >= 4 is 5.97 Å². The number of hydrogen-bond acceptors (Lipinski definition) is 2. The van der Waals surface area contributed by atoms with Crippen LogP contribution in [-0.2, 0) is 4.79 Å². The van der Waals surface area contributed by atoms with Crippen LogP contribution in [-0.4, -0.2) is 16.6 Å². The lowest BCUT2D eigenvalue weighted by atomic mass is 9.92. The summed E-state index contributed by atoms with van der Waals surface area (Å²) >= 11 is 0. The summed E-state index contributed by atoms with van der Waals surface area (Å²) in [6.45, 7) is 3.92. The largest absolute Gasteiger partial charge is 0.481 e. The van der Waals surface area contributed by atoms with Gasteiger partial charge in [-0.1, -0.05) is 26.2 Å². The summed E-state index contributed by atoms with van der Waals surface area (Å²) in [5, 5.41) is 8.53. The Hall–Kier alpha value is -0.570. The third-order valence-corrected chi connectivity index (χ3v) is 1.91. The maximum atomic E-state index is 10.4. The third-order valence-electron chi connectivity index (χ3n) is 1.91. The summed E-state index contributed by atoms with van der Waals surface area (Å²) in [7, 11) is 0. The molecule has 3 N–H and O–H groups in total. The lowest BCUT2D eigenvalue weighted by Crippen LogP contribution is -2.38. The topological polar surface area (TPSA) is 63.3 Å². The van der Waals surface area contributed by atoms with Gasteiger partial charge in [0.2, 0.25) is 0 Å². The minimum Gasteiger partial charge on any atom is -0.481 e. The van der Waals surface area contributed by atoms with Crippen molar-refractivity contribution in [3.8, 4) is 0 Å². The summed E-state index contributed by atoms with van der Waals surface area (Å²) < 4.78 is 0. The summed E-state index contributed by atoms with van der Waals surface area (Å²) in [6.07, 6.45) is 4.16. The maximum Gasteiger partial charge on any atom is 0.305 e. The van der Waals surface area contributed by atoms with Gasteiger partial charge < -0.3 is 10.8 Å². The molecule has 0 aromatic rings. The number of carboxylic acid groups (broad SMARTS) is 1. The van der Waals surface area contributed by atoms with Crippen LogP contribution in [0.25, 0.3) is 0 Å². The van der Waals surface area contributed by atoms with Crippen LogP contribution >= 0.6 is 0 Å². The third kappa shape index (κ3) is 6.16. The molecule has 0 rings (SSSR count). The van der Waals surface area contributed by atoms with Crippen LogP contribution in [0.15, 0.2) is 0 Å². The Labute approximate surface area is 74.0 Å². The molecule has 72 valence electrons. The maximum absolute atomic E-state index is 10.4. The second kappa shape index (κ2) is 5.14. The molecular formula is C9H19NO2. The van der Waals surface area contributed by atoms with E-state index >= 15 is 0 Å². The highest BCUT2D eigenvalue weighted by atomic mass is 16.4. The molecule has 0 spiro atoms. The van der Waals surface area contributed by atoms with Gasteiger partial charge in [-0.2, -0.15) is 0 Å². The standard InChI is InChI=1S/C9H19NO2/c1-3-4-5-6-9(2,10)7-8(11)12/h3-7,10H2,1-2H3,(H,11,12). The molecular weight excluding hydrogens is 154 g/mol. The van der Waals surface area contributed by atoms with Gasteiger partial charge >= 0.3 is 5.97 Å². The molecule has 0 aliphatic heterocycles. The van der Waals surface area contributed by atoms with E-state index in [2.05, 4.69) is 6.92 Å². The zero-order chi connectivity index (χ0) is 9.61. The van der Waals surface area contributed by atoms with E-state index in [0.717, 1.165) is 25.7 Å². The lowest BCUT2D eigenvalue weighted by molar-refractivity contribution is -0.138. The SMILES string of the molecule is CCCCCC(C)(N)CC(=O)O. The highest BCUT2D eigenvalue weighted by Gasteiger charge is 2.21. The van der Waals surface area contributed by atoms with Crippen LogP contribution in [0.2, 0.25) is 0 Å². The predicted molar refractivity (Wildman–Crippen MR) is 49.0 cm³/mol. The smallest absolute Gasteiger partial charge is 0.305 e. The van der Waals surface area contributed by atoms with E-state index in [4.69, 9.17) is 10.8 Å². The fraction of sp³-hybridized carbons (Fsp3) is 0.889. The highest BCUT2D eigenvalue weighted by Crippen LogP contribution is 2.15. The molecule has 0 bridgehead atoms. The van der Waals surface area contributed by atoms with Gasteiger partial charge in [-0.15, -0.1) is 0 Å². The quantitative estimate of drug-likeness (QED) is 0.601. The molecule has 0 radical (unpaired) electrons. The van der Waals surface area contributed by atoms with Crippen LogP contribution in [0.3, 0.4) is 0 Å². The van der Waals surface area contributed by atoms with Crippen LogP contribution in [0.4, 0.5) is 0 Å². The van der Waals surface area contributed by atoms with Crippen molar-refractivity contribution in [2.75, 3.05) is 0 Å². The van der Waals surface area contributed by atoms with Crippen molar-refractivity contribution < 1.29 is 9.90 Å². The number of rotatable bonds is 6. The minimum absolute atomic E-state index is 0.0662. The molecule has 0 saturated carbocycles. The van der Waals surface area contributed by atoms with Crippen molar-refractivity contribution in [3.05, 3.63) is 0 Å². The molecule has 3 heteroatoms. The first kappa shape index (κ1) is 11.4. The van der Waals surface area contributed by atoms with Gasteiger partial charge in [-0.3, -0.25) is 4.79 Å². The van der Waals surface area contributed by atoms with Crippen LogP contribution in [0.1, 0.15) is 46.0 Å². The number of carbonyl (C=O) groups is 1. The van der Waals surface area contributed by atoms with Gasteiger partial charge in [-0.05, 0) is 13.3 Å². The van der Waals surface area contributed by atoms with E-state index in [1.54, 1.807) is 6.92 Å². The average molecular weight is 173 g/mol. The molecule has 3 nitrogen and oxygen atoms in total. The summed E-state index contributed by atoms with van der Waals surface area (Å²) in [5.74, 6) is -0.809. The predicted octanol–water partition coefficient (Wildman–Crippen LogP) is 1.76. The molecule has 0 fully saturated rings. The molecule has 0 aromatic heterocycles. The molecule has 12 heavy (non-hydrogen) atoms. The highest BCUT2D eigenvalue weighted by molar-refractivity contribution is 5.68. The van der Waals surface area contributed by atoms with Crippen LogP contribution in [0, 0.1) is 0 Å². The molecule has 1 unspecified atom stereocenters. The molecule has 0 aromatic carbocycles. The molecule has 1 atom stereocenters. The van der Waals surface area contributed by atoms with Gasteiger partial charge in [0.1, 0.15) is 0 Å². The normalized spacial score (nSPS) is 15.6. The van der Waals surface area contributed by atoms with Crippen molar-refractivity contribution in [3.63, 3.8) is 0 Å². The van der Waals surface area contributed by atoms with Gasteiger partial charge in [0, 0.05) is 5.54 Å². The first-order chi connectivity index (χ1) is 5.48. The first-order valence-corrected chi connectivity index (χ1v) is 4.48. The number of unbranched alkanes of at least 4 members (excludes halogenated alkanes) is 2. The number of hydrogen-bond donors (Lipinski definition) is 2. The van der Waals surface area contributed by atoms with E-state index in [9.17, 15) is 4.79 Å². The Morgan fingerprint density at radius 3 is 2.50 bits per heavy atom. The zero-order valence-electron chi connectivity index (χ0n) is 7.97. The van der Waals surface area contributed by atoms with Crippen molar-refractivity contribution in [1.82, 2.24) is 0 Å². The minimum atomic E-state index is -0.809. The van der Waals surface area contributed by atoms with Gasteiger partial charge in [0.05, 0.1) is 6.42 Å². The summed E-state index contributed by atoms with van der Waals surface area (Å²) in [5.41, 5.74) is 5.25. The van der Waals surface area contributed by atoms with Gasteiger partial charge in [-0.25, -0.2) is 0 Å². The van der Waals surface area contributed by atoms with Gasteiger partial charge in [0.15, 0.2) is 0 Å². The Balaban J connectivity index is 3.63.